The van der Waals surface area contributed by atoms with Gasteiger partial charge in [-0.1, -0.05) is 12.1 Å². The van der Waals surface area contributed by atoms with E-state index in [1.165, 1.54) is 9.47 Å². The summed E-state index contributed by atoms with van der Waals surface area (Å²) in [5.74, 6) is 0.276. The summed E-state index contributed by atoms with van der Waals surface area (Å²) in [5.41, 5.74) is 1.11. The summed E-state index contributed by atoms with van der Waals surface area (Å²) >= 11 is 0. The van der Waals surface area contributed by atoms with Gasteiger partial charge in [-0.15, -0.1) is 0 Å². The van der Waals surface area contributed by atoms with Gasteiger partial charge in [-0.3, -0.25) is 14.2 Å². The van der Waals surface area contributed by atoms with Crippen LogP contribution in [-0.4, -0.2) is 88.6 Å². The Labute approximate surface area is 191 Å². The number of hydrogen-bond acceptors (Lipinski definition) is 6. The van der Waals surface area contributed by atoms with Crippen molar-refractivity contribution < 1.29 is 14.3 Å². The molecule has 1 fully saturated rings. The van der Waals surface area contributed by atoms with E-state index in [2.05, 4.69) is 9.97 Å². The van der Waals surface area contributed by atoms with Crippen LogP contribution in [-0.2, 0) is 6.54 Å². The number of ether oxygens (including phenoxy) is 1. The SMILES string of the molecule is COc1ccc(Cn2c(=O)c(C(=O)N3CCN(C(=O)N(C)C)CC3)nc3cccnc32)cc1. The van der Waals surface area contributed by atoms with Crippen LogP contribution in [0.5, 0.6) is 5.75 Å². The number of fused-ring (bicyclic) bond motifs is 1. The predicted molar refractivity (Wildman–Crippen MR) is 122 cm³/mol. The van der Waals surface area contributed by atoms with Gasteiger partial charge in [-0.2, -0.15) is 0 Å². The lowest BCUT2D eigenvalue weighted by molar-refractivity contribution is 0.0642. The molecule has 0 aliphatic carbocycles. The van der Waals surface area contributed by atoms with E-state index in [0.29, 0.717) is 43.1 Å². The monoisotopic (exact) mass is 450 g/mol. The summed E-state index contributed by atoms with van der Waals surface area (Å²) in [5, 5.41) is 0. The Hall–Kier alpha value is -3.95. The molecule has 0 atom stereocenters. The molecule has 1 saturated heterocycles. The third-order valence-electron chi connectivity index (χ3n) is 5.62. The molecule has 0 radical (unpaired) electrons. The fourth-order valence-electron chi connectivity index (χ4n) is 3.81. The molecule has 10 nitrogen and oxygen atoms in total. The van der Waals surface area contributed by atoms with Crippen LogP contribution in [0.25, 0.3) is 11.2 Å². The van der Waals surface area contributed by atoms with Gasteiger partial charge < -0.3 is 19.4 Å². The molecule has 3 heterocycles. The zero-order valence-electron chi connectivity index (χ0n) is 18.9. The van der Waals surface area contributed by atoms with Crippen molar-refractivity contribution in [1.29, 1.82) is 0 Å². The fourth-order valence-corrected chi connectivity index (χ4v) is 3.81. The molecule has 33 heavy (non-hydrogen) atoms. The van der Waals surface area contributed by atoms with E-state index < -0.39 is 11.5 Å². The molecule has 0 unspecified atom stereocenters. The first-order valence-electron chi connectivity index (χ1n) is 10.6. The molecule has 1 aliphatic rings. The third-order valence-corrected chi connectivity index (χ3v) is 5.62. The zero-order valence-corrected chi connectivity index (χ0v) is 18.9. The zero-order chi connectivity index (χ0) is 23.5. The van der Waals surface area contributed by atoms with Crippen LogP contribution in [0.3, 0.4) is 0 Å². The number of carbonyl (C=O) groups excluding carboxylic acids is 2. The number of hydrogen-bond donors (Lipinski definition) is 0. The highest BCUT2D eigenvalue weighted by Crippen LogP contribution is 2.15. The van der Waals surface area contributed by atoms with Crippen LogP contribution >= 0.6 is 0 Å². The maximum absolute atomic E-state index is 13.4. The maximum atomic E-state index is 13.4. The number of piperazine rings is 1. The number of urea groups is 1. The van der Waals surface area contributed by atoms with Crippen molar-refractivity contribution in [3.63, 3.8) is 0 Å². The molecule has 2 aromatic heterocycles. The van der Waals surface area contributed by atoms with Crippen LogP contribution in [0.1, 0.15) is 16.1 Å². The number of carbonyl (C=O) groups is 2. The van der Waals surface area contributed by atoms with Gasteiger partial charge in [0.2, 0.25) is 0 Å². The number of benzene rings is 1. The van der Waals surface area contributed by atoms with E-state index in [1.807, 2.05) is 24.3 Å². The Morgan fingerprint density at radius 2 is 1.70 bits per heavy atom. The lowest BCUT2D eigenvalue weighted by Gasteiger charge is -2.35. The van der Waals surface area contributed by atoms with Gasteiger partial charge in [0.25, 0.3) is 11.5 Å². The molecule has 1 aromatic carbocycles. The Bertz CT molecular complexity index is 1230. The van der Waals surface area contributed by atoms with Gasteiger partial charge in [0.1, 0.15) is 11.3 Å². The van der Waals surface area contributed by atoms with Crippen LogP contribution in [0.2, 0.25) is 0 Å². The number of aromatic nitrogens is 3. The summed E-state index contributed by atoms with van der Waals surface area (Å²) < 4.78 is 6.67. The largest absolute Gasteiger partial charge is 0.497 e. The Balaban J connectivity index is 1.64. The third kappa shape index (κ3) is 4.50. The summed E-state index contributed by atoms with van der Waals surface area (Å²) in [6.45, 7) is 1.71. The van der Waals surface area contributed by atoms with Crippen molar-refractivity contribution in [3.05, 3.63) is 64.2 Å². The van der Waals surface area contributed by atoms with Crippen molar-refractivity contribution in [2.24, 2.45) is 0 Å². The van der Waals surface area contributed by atoms with Crippen LogP contribution in [0.15, 0.2) is 47.4 Å². The van der Waals surface area contributed by atoms with Gasteiger partial charge in [0.15, 0.2) is 11.3 Å². The lowest BCUT2D eigenvalue weighted by Crippen LogP contribution is -2.53. The Morgan fingerprint density at radius 1 is 1.03 bits per heavy atom. The quantitative estimate of drug-likeness (QED) is 0.594. The van der Waals surface area contributed by atoms with Gasteiger partial charge in [-0.25, -0.2) is 14.8 Å². The second-order valence-corrected chi connectivity index (χ2v) is 8.00. The summed E-state index contributed by atoms with van der Waals surface area (Å²) in [6.07, 6.45) is 1.59. The van der Waals surface area contributed by atoms with Crippen LogP contribution < -0.4 is 10.3 Å². The highest BCUT2D eigenvalue weighted by molar-refractivity contribution is 5.93. The molecule has 0 bridgehead atoms. The topological polar surface area (TPSA) is 101 Å². The number of methoxy groups -OCH3 is 1. The van der Waals surface area contributed by atoms with Crippen LogP contribution in [0, 0.1) is 0 Å². The predicted octanol–water partition coefficient (Wildman–Crippen LogP) is 1.29. The first-order valence-corrected chi connectivity index (χ1v) is 10.6. The molecule has 3 amide bonds. The summed E-state index contributed by atoms with van der Waals surface area (Å²) in [4.78, 5) is 52.3. The molecular formula is C23H26N6O4. The minimum atomic E-state index is -0.492. The van der Waals surface area contributed by atoms with Gasteiger partial charge >= 0.3 is 6.03 Å². The average Bonchev–Trinajstić information content (AvgIpc) is 2.85. The number of amides is 3. The van der Waals surface area contributed by atoms with Crippen molar-refractivity contribution >= 4 is 23.1 Å². The van der Waals surface area contributed by atoms with E-state index in [0.717, 1.165) is 5.56 Å². The standard InChI is InChI=1S/C23H26N6O4/c1-26(2)23(32)28-13-11-27(12-14-28)21(30)19-22(31)29(20-18(25-19)5-4-10-24-20)15-16-6-8-17(33-3)9-7-16/h4-10H,11-15H2,1-3H3. The molecule has 0 spiro atoms. The molecule has 1 aliphatic heterocycles. The summed E-state index contributed by atoms with van der Waals surface area (Å²) in [7, 11) is 4.98. The van der Waals surface area contributed by atoms with E-state index >= 15 is 0 Å². The highest BCUT2D eigenvalue weighted by Gasteiger charge is 2.28. The lowest BCUT2D eigenvalue weighted by atomic mass is 10.2. The smallest absolute Gasteiger partial charge is 0.319 e. The molecule has 10 heteroatoms. The fraction of sp³-hybridized carbons (Fsp3) is 0.348. The van der Waals surface area contributed by atoms with E-state index in [9.17, 15) is 14.4 Å². The number of rotatable bonds is 4. The van der Waals surface area contributed by atoms with Crippen molar-refractivity contribution in [2.75, 3.05) is 47.4 Å². The van der Waals surface area contributed by atoms with E-state index in [1.54, 1.807) is 49.3 Å². The molecule has 0 saturated carbocycles. The first-order chi connectivity index (χ1) is 15.9. The van der Waals surface area contributed by atoms with Crippen molar-refractivity contribution in [3.8, 4) is 5.75 Å². The molecule has 3 aromatic rings. The second kappa shape index (κ2) is 9.27. The molecule has 172 valence electrons. The van der Waals surface area contributed by atoms with Crippen LogP contribution in [0.4, 0.5) is 4.79 Å². The van der Waals surface area contributed by atoms with Gasteiger partial charge in [0.05, 0.1) is 13.7 Å². The van der Waals surface area contributed by atoms with Gasteiger partial charge in [0, 0.05) is 46.5 Å². The molecule has 0 N–H and O–H groups in total. The molecular weight excluding hydrogens is 424 g/mol. The highest BCUT2D eigenvalue weighted by atomic mass is 16.5. The normalized spacial score (nSPS) is 13.8. The Kier molecular flexibility index (Phi) is 6.25. The van der Waals surface area contributed by atoms with Crippen molar-refractivity contribution in [1.82, 2.24) is 29.2 Å². The van der Waals surface area contributed by atoms with E-state index in [4.69, 9.17) is 4.74 Å². The minimum Gasteiger partial charge on any atom is -0.497 e. The Morgan fingerprint density at radius 3 is 2.33 bits per heavy atom. The minimum absolute atomic E-state index is 0.0983. The van der Waals surface area contributed by atoms with E-state index in [-0.39, 0.29) is 18.3 Å². The maximum Gasteiger partial charge on any atom is 0.319 e. The second-order valence-electron chi connectivity index (χ2n) is 8.00. The number of nitrogens with zero attached hydrogens (tertiary/aromatic N) is 6. The van der Waals surface area contributed by atoms with Gasteiger partial charge in [-0.05, 0) is 29.8 Å². The molecule has 4 rings (SSSR count). The average molecular weight is 450 g/mol. The number of pyridine rings is 1. The first kappa shape index (κ1) is 22.3. The van der Waals surface area contributed by atoms with Crippen molar-refractivity contribution in [2.45, 2.75) is 6.54 Å². The summed E-state index contributed by atoms with van der Waals surface area (Å²) in [6, 6.07) is 10.7.